The summed E-state index contributed by atoms with van der Waals surface area (Å²) in [5.41, 5.74) is 3.35. The van der Waals surface area contributed by atoms with Gasteiger partial charge in [0.2, 0.25) is 0 Å². The minimum Gasteiger partial charge on any atom is -0.320 e. The Kier molecular flexibility index (Phi) is 3.88. The lowest BCUT2D eigenvalue weighted by Gasteiger charge is -2.03. The zero-order valence-electron chi connectivity index (χ0n) is 10.3. The Labute approximate surface area is 102 Å². The molecule has 4 heteroatoms. The van der Waals surface area contributed by atoms with Crippen LogP contribution in [0.5, 0.6) is 0 Å². The van der Waals surface area contributed by atoms with Crippen molar-refractivity contribution in [1.29, 1.82) is 0 Å². The second-order valence-electron chi connectivity index (χ2n) is 4.15. The van der Waals surface area contributed by atoms with Crippen LogP contribution in [0.3, 0.4) is 0 Å². The van der Waals surface area contributed by atoms with Gasteiger partial charge in [-0.15, -0.1) is 5.10 Å². The van der Waals surface area contributed by atoms with Gasteiger partial charge in [0, 0.05) is 0 Å². The molecule has 17 heavy (non-hydrogen) atoms. The summed E-state index contributed by atoms with van der Waals surface area (Å²) in [5, 5.41) is 11.5. The number of para-hydroxylation sites is 1. The van der Waals surface area contributed by atoms with E-state index in [2.05, 4.69) is 34.7 Å². The van der Waals surface area contributed by atoms with Crippen molar-refractivity contribution in [2.24, 2.45) is 0 Å². The smallest absolute Gasteiger partial charge is 0.0832 e. The molecule has 0 amide bonds. The summed E-state index contributed by atoms with van der Waals surface area (Å²) < 4.78 is 1.85. The van der Waals surface area contributed by atoms with Crippen LogP contribution in [0.1, 0.15) is 17.7 Å². The van der Waals surface area contributed by atoms with Gasteiger partial charge < -0.3 is 5.32 Å². The Morgan fingerprint density at radius 2 is 2.12 bits per heavy atom. The molecule has 0 aliphatic heterocycles. The van der Waals surface area contributed by atoms with E-state index in [-0.39, 0.29) is 0 Å². The molecule has 1 heterocycles. The molecule has 0 unspecified atom stereocenters. The summed E-state index contributed by atoms with van der Waals surface area (Å²) in [4.78, 5) is 0. The lowest BCUT2D eigenvalue weighted by atomic mass is 10.2. The standard InChI is InChI=1S/C13H18N4/c1-11-6-3-4-8-13(11)17-10-12(15-16-17)7-5-9-14-2/h3-4,6,8,10,14H,5,7,9H2,1-2H3. The van der Waals surface area contributed by atoms with E-state index in [1.807, 2.05) is 30.1 Å². The number of benzene rings is 1. The average Bonchev–Trinajstić information content (AvgIpc) is 2.79. The van der Waals surface area contributed by atoms with E-state index in [4.69, 9.17) is 0 Å². The summed E-state index contributed by atoms with van der Waals surface area (Å²) >= 11 is 0. The van der Waals surface area contributed by atoms with Crippen molar-refractivity contribution in [2.75, 3.05) is 13.6 Å². The van der Waals surface area contributed by atoms with Gasteiger partial charge in [-0.2, -0.15) is 0 Å². The molecule has 2 rings (SSSR count). The molecular formula is C13H18N4. The monoisotopic (exact) mass is 230 g/mol. The van der Waals surface area contributed by atoms with Crippen LogP contribution < -0.4 is 5.32 Å². The van der Waals surface area contributed by atoms with Gasteiger partial charge in [0.05, 0.1) is 17.6 Å². The van der Waals surface area contributed by atoms with Gasteiger partial charge in [0.15, 0.2) is 0 Å². The topological polar surface area (TPSA) is 42.7 Å². The summed E-state index contributed by atoms with van der Waals surface area (Å²) in [6.07, 6.45) is 4.06. The Morgan fingerprint density at radius 1 is 1.29 bits per heavy atom. The Morgan fingerprint density at radius 3 is 2.88 bits per heavy atom. The van der Waals surface area contributed by atoms with E-state index in [1.54, 1.807) is 0 Å². The number of aryl methyl sites for hydroxylation is 2. The Bertz CT molecular complexity index is 476. The van der Waals surface area contributed by atoms with Crippen molar-refractivity contribution < 1.29 is 0 Å². The van der Waals surface area contributed by atoms with Crippen LogP contribution in [0.2, 0.25) is 0 Å². The van der Waals surface area contributed by atoms with Crippen LogP contribution in [0.4, 0.5) is 0 Å². The first kappa shape index (κ1) is 11.8. The minimum absolute atomic E-state index is 0.965. The molecule has 0 bridgehead atoms. The van der Waals surface area contributed by atoms with Gasteiger partial charge in [0.25, 0.3) is 0 Å². The first-order chi connectivity index (χ1) is 8.31. The molecule has 0 aliphatic rings. The van der Waals surface area contributed by atoms with Crippen molar-refractivity contribution in [1.82, 2.24) is 20.3 Å². The van der Waals surface area contributed by atoms with Crippen LogP contribution in [0, 0.1) is 6.92 Å². The summed E-state index contributed by atoms with van der Waals surface area (Å²) in [6, 6.07) is 8.19. The lowest BCUT2D eigenvalue weighted by Crippen LogP contribution is -2.08. The summed E-state index contributed by atoms with van der Waals surface area (Å²) in [5.74, 6) is 0. The molecule has 90 valence electrons. The SMILES string of the molecule is CNCCCc1cn(-c2ccccc2C)nn1. The molecule has 0 aliphatic carbocycles. The predicted molar refractivity (Wildman–Crippen MR) is 68.3 cm³/mol. The lowest BCUT2D eigenvalue weighted by molar-refractivity contribution is 0.712. The molecule has 0 saturated carbocycles. The molecule has 4 nitrogen and oxygen atoms in total. The fourth-order valence-electron chi connectivity index (χ4n) is 1.80. The molecule has 1 aromatic heterocycles. The van der Waals surface area contributed by atoms with Crippen LogP contribution in [-0.4, -0.2) is 28.6 Å². The van der Waals surface area contributed by atoms with E-state index in [1.165, 1.54) is 5.56 Å². The molecule has 0 spiro atoms. The van der Waals surface area contributed by atoms with Gasteiger partial charge in [0.1, 0.15) is 0 Å². The minimum atomic E-state index is 0.965. The van der Waals surface area contributed by atoms with Gasteiger partial charge >= 0.3 is 0 Å². The highest BCUT2D eigenvalue weighted by molar-refractivity contribution is 5.38. The quantitative estimate of drug-likeness (QED) is 0.795. The molecule has 1 N–H and O–H groups in total. The van der Waals surface area contributed by atoms with Gasteiger partial charge in [-0.05, 0) is 45.0 Å². The largest absolute Gasteiger partial charge is 0.320 e. The third kappa shape index (κ3) is 2.91. The maximum Gasteiger partial charge on any atom is 0.0832 e. The Hall–Kier alpha value is -1.68. The first-order valence-corrected chi connectivity index (χ1v) is 5.93. The van der Waals surface area contributed by atoms with Crippen molar-refractivity contribution in [3.63, 3.8) is 0 Å². The molecule has 2 aromatic rings. The van der Waals surface area contributed by atoms with E-state index in [0.29, 0.717) is 0 Å². The van der Waals surface area contributed by atoms with Crippen molar-refractivity contribution in [3.8, 4) is 5.69 Å². The molecule has 0 atom stereocenters. The second kappa shape index (κ2) is 5.59. The normalized spacial score (nSPS) is 10.7. The van der Waals surface area contributed by atoms with Gasteiger partial charge in [-0.3, -0.25) is 0 Å². The zero-order chi connectivity index (χ0) is 12.1. The number of hydrogen-bond acceptors (Lipinski definition) is 3. The highest BCUT2D eigenvalue weighted by Gasteiger charge is 2.04. The first-order valence-electron chi connectivity index (χ1n) is 5.93. The second-order valence-corrected chi connectivity index (χ2v) is 4.15. The fourth-order valence-corrected chi connectivity index (χ4v) is 1.80. The van der Waals surface area contributed by atoms with Crippen molar-refractivity contribution >= 4 is 0 Å². The maximum atomic E-state index is 4.19. The number of rotatable bonds is 5. The highest BCUT2D eigenvalue weighted by Crippen LogP contribution is 2.12. The maximum absolute atomic E-state index is 4.19. The number of nitrogens with one attached hydrogen (secondary N) is 1. The molecule has 0 saturated heterocycles. The average molecular weight is 230 g/mol. The number of nitrogens with zero attached hydrogens (tertiary/aromatic N) is 3. The van der Waals surface area contributed by atoms with Gasteiger partial charge in [-0.1, -0.05) is 23.4 Å². The van der Waals surface area contributed by atoms with E-state index < -0.39 is 0 Å². The van der Waals surface area contributed by atoms with Gasteiger partial charge in [-0.25, -0.2) is 4.68 Å². The van der Waals surface area contributed by atoms with E-state index in [9.17, 15) is 0 Å². The molecule has 0 radical (unpaired) electrons. The molecular weight excluding hydrogens is 212 g/mol. The molecule has 1 aromatic carbocycles. The predicted octanol–water partition coefficient (Wildman–Crippen LogP) is 1.73. The Balaban J connectivity index is 2.10. The van der Waals surface area contributed by atoms with Crippen LogP contribution in [0.15, 0.2) is 30.5 Å². The highest BCUT2D eigenvalue weighted by atomic mass is 15.4. The molecule has 0 fully saturated rings. The third-order valence-electron chi connectivity index (χ3n) is 2.76. The van der Waals surface area contributed by atoms with Crippen LogP contribution in [-0.2, 0) is 6.42 Å². The number of aromatic nitrogens is 3. The van der Waals surface area contributed by atoms with E-state index >= 15 is 0 Å². The third-order valence-corrected chi connectivity index (χ3v) is 2.76. The number of hydrogen-bond donors (Lipinski definition) is 1. The van der Waals surface area contributed by atoms with Crippen molar-refractivity contribution in [2.45, 2.75) is 19.8 Å². The van der Waals surface area contributed by atoms with E-state index in [0.717, 1.165) is 30.8 Å². The summed E-state index contributed by atoms with van der Waals surface area (Å²) in [7, 11) is 1.96. The zero-order valence-corrected chi connectivity index (χ0v) is 10.3. The van der Waals surface area contributed by atoms with Crippen LogP contribution in [0.25, 0.3) is 5.69 Å². The van der Waals surface area contributed by atoms with Crippen molar-refractivity contribution in [3.05, 3.63) is 41.7 Å². The summed E-state index contributed by atoms with van der Waals surface area (Å²) in [6.45, 7) is 3.09. The van der Waals surface area contributed by atoms with Crippen LogP contribution >= 0.6 is 0 Å². The fraction of sp³-hybridized carbons (Fsp3) is 0.385.